The van der Waals surface area contributed by atoms with E-state index in [1.165, 1.54) is 23.3 Å². The predicted molar refractivity (Wildman–Crippen MR) is 107 cm³/mol. The Bertz CT molecular complexity index is 857. The second-order valence-corrected chi connectivity index (χ2v) is 7.00. The van der Waals surface area contributed by atoms with Crippen molar-refractivity contribution in [2.45, 2.75) is 18.4 Å². The fourth-order valence-electron chi connectivity index (χ4n) is 3.85. The van der Waals surface area contributed by atoms with Crippen LogP contribution in [0.3, 0.4) is 0 Å². The Morgan fingerprint density at radius 2 is 1.67 bits per heavy atom. The zero-order valence-corrected chi connectivity index (χ0v) is 15.3. The molecule has 27 heavy (non-hydrogen) atoms. The molecule has 1 fully saturated rings. The van der Waals surface area contributed by atoms with Crippen molar-refractivity contribution in [1.82, 2.24) is 5.32 Å². The van der Waals surface area contributed by atoms with Crippen LogP contribution in [0.4, 0.5) is 4.39 Å². The molecule has 0 spiro atoms. The van der Waals surface area contributed by atoms with E-state index in [4.69, 9.17) is 4.74 Å². The minimum Gasteiger partial charge on any atom is -0.375 e. The molecule has 0 aliphatic carbocycles. The molecule has 3 heteroatoms. The highest BCUT2D eigenvalue weighted by atomic mass is 19.1. The predicted octanol–water partition coefficient (Wildman–Crippen LogP) is 4.81. The first kappa shape index (κ1) is 17.9. The zero-order chi connectivity index (χ0) is 18.5. The largest absolute Gasteiger partial charge is 0.375 e. The zero-order valence-electron chi connectivity index (χ0n) is 15.3. The van der Waals surface area contributed by atoms with Crippen LogP contribution in [0, 0.1) is 5.82 Å². The molecule has 1 saturated heterocycles. The van der Waals surface area contributed by atoms with Gasteiger partial charge >= 0.3 is 0 Å². The Hall–Kier alpha value is -2.49. The van der Waals surface area contributed by atoms with Crippen molar-refractivity contribution in [2.75, 3.05) is 19.7 Å². The van der Waals surface area contributed by atoms with Crippen molar-refractivity contribution < 1.29 is 9.13 Å². The number of benzene rings is 3. The lowest BCUT2D eigenvalue weighted by Gasteiger charge is -2.32. The summed E-state index contributed by atoms with van der Waals surface area (Å²) in [5, 5.41) is 3.46. The third-order valence-corrected chi connectivity index (χ3v) is 5.25. The second kappa shape index (κ2) is 8.47. The van der Waals surface area contributed by atoms with Crippen molar-refractivity contribution in [3.05, 3.63) is 95.8 Å². The number of morpholine rings is 1. The fraction of sp³-hybridized carbons (Fsp3) is 0.250. The van der Waals surface area contributed by atoms with Crippen LogP contribution in [-0.2, 0) is 11.2 Å². The number of halogens is 1. The highest BCUT2D eigenvalue weighted by Gasteiger charge is 2.27. The third-order valence-electron chi connectivity index (χ3n) is 5.25. The molecule has 0 unspecified atom stereocenters. The van der Waals surface area contributed by atoms with E-state index in [9.17, 15) is 4.39 Å². The highest BCUT2D eigenvalue weighted by Crippen LogP contribution is 2.32. The summed E-state index contributed by atoms with van der Waals surface area (Å²) in [4.78, 5) is 0. The van der Waals surface area contributed by atoms with Crippen LogP contribution in [0.2, 0.25) is 0 Å². The molecule has 1 heterocycles. The molecule has 0 bridgehead atoms. The first-order valence-corrected chi connectivity index (χ1v) is 9.52. The Labute approximate surface area is 160 Å². The van der Waals surface area contributed by atoms with Crippen molar-refractivity contribution in [3.8, 4) is 11.1 Å². The summed E-state index contributed by atoms with van der Waals surface area (Å²) >= 11 is 0. The second-order valence-electron chi connectivity index (χ2n) is 7.00. The van der Waals surface area contributed by atoms with Crippen LogP contribution >= 0.6 is 0 Å². The number of rotatable bonds is 5. The Balaban J connectivity index is 1.68. The SMILES string of the molecule is Fc1ccc(-c2ccccc2C[C@@H](c2ccccc2)[C@@H]2CNCCO2)cc1. The Morgan fingerprint density at radius 3 is 2.41 bits per heavy atom. The van der Waals surface area contributed by atoms with Crippen LogP contribution < -0.4 is 5.32 Å². The summed E-state index contributed by atoms with van der Waals surface area (Å²) in [6.45, 7) is 2.51. The molecule has 0 amide bonds. The standard InChI is InChI=1S/C24H24FNO/c25-21-12-10-19(11-13-21)22-9-5-4-8-20(22)16-23(18-6-2-1-3-7-18)24-17-26-14-15-27-24/h1-13,23-24,26H,14-17H2/t23-,24-/m0/s1. The molecule has 138 valence electrons. The average Bonchev–Trinajstić information content (AvgIpc) is 2.74. The molecule has 1 N–H and O–H groups in total. The Morgan fingerprint density at radius 1 is 0.926 bits per heavy atom. The molecular formula is C24H24FNO. The minimum atomic E-state index is -0.208. The summed E-state index contributed by atoms with van der Waals surface area (Å²) in [5.74, 6) is 0.0562. The van der Waals surface area contributed by atoms with Crippen LogP contribution in [0.5, 0.6) is 0 Å². The van der Waals surface area contributed by atoms with Crippen LogP contribution in [0.1, 0.15) is 17.0 Å². The lowest BCUT2D eigenvalue weighted by atomic mass is 9.84. The maximum atomic E-state index is 13.4. The van der Waals surface area contributed by atoms with Gasteiger partial charge in [0.2, 0.25) is 0 Å². The molecule has 1 aliphatic rings. The third kappa shape index (κ3) is 4.26. The number of nitrogens with one attached hydrogen (secondary N) is 1. The summed E-state index contributed by atoms with van der Waals surface area (Å²) < 4.78 is 19.5. The first-order chi connectivity index (χ1) is 13.3. The van der Waals surface area contributed by atoms with E-state index >= 15 is 0 Å². The van der Waals surface area contributed by atoms with E-state index in [2.05, 4.69) is 47.8 Å². The average molecular weight is 361 g/mol. The summed E-state index contributed by atoms with van der Waals surface area (Å²) in [5.41, 5.74) is 4.75. The van der Waals surface area contributed by atoms with Gasteiger partial charge in [-0.2, -0.15) is 0 Å². The number of hydrogen-bond acceptors (Lipinski definition) is 2. The van der Waals surface area contributed by atoms with Crippen LogP contribution in [0.15, 0.2) is 78.9 Å². The molecule has 1 aliphatic heterocycles. The lowest BCUT2D eigenvalue weighted by Crippen LogP contribution is -2.42. The smallest absolute Gasteiger partial charge is 0.123 e. The summed E-state index contributed by atoms with van der Waals surface area (Å²) in [6, 6.07) is 25.7. The van der Waals surface area contributed by atoms with E-state index in [1.54, 1.807) is 0 Å². The van der Waals surface area contributed by atoms with Crippen LogP contribution in [-0.4, -0.2) is 25.8 Å². The van der Waals surface area contributed by atoms with Gasteiger partial charge in [-0.05, 0) is 40.8 Å². The Kier molecular flexibility index (Phi) is 5.61. The van der Waals surface area contributed by atoms with Gasteiger partial charge < -0.3 is 10.1 Å². The van der Waals surface area contributed by atoms with Crippen molar-refractivity contribution in [1.29, 1.82) is 0 Å². The van der Waals surface area contributed by atoms with Gasteiger partial charge in [0.1, 0.15) is 5.82 Å². The first-order valence-electron chi connectivity index (χ1n) is 9.52. The quantitative estimate of drug-likeness (QED) is 0.704. The van der Waals surface area contributed by atoms with Gasteiger partial charge in [-0.3, -0.25) is 0 Å². The highest BCUT2D eigenvalue weighted by molar-refractivity contribution is 5.67. The molecular weight excluding hydrogens is 337 g/mol. The fourth-order valence-corrected chi connectivity index (χ4v) is 3.85. The molecule has 3 aromatic carbocycles. The maximum Gasteiger partial charge on any atom is 0.123 e. The minimum absolute atomic E-state index is 0.141. The van der Waals surface area contributed by atoms with Crippen molar-refractivity contribution >= 4 is 0 Å². The van der Waals surface area contributed by atoms with E-state index < -0.39 is 0 Å². The van der Waals surface area contributed by atoms with E-state index in [0.717, 1.165) is 37.2 Å². The summed E-state index contributed by atoms with van der Waals surface area (Å²) in [7, 11) is 0. The van der Waals surface area contributed by atoms with Gasteiger partial charge in [0.05, 0.1) is 12.7 Å². The van der Waals surface area contributed by atoms with Crippen molar-refractivity contribution in [3.63, 3.8) is 0 Å². The lowest BCUT2D eigenvalue weighted by molar-refractivity contribution is 0.0110. The monoisotopic (exact) mass is 361 g/mol. The van der Waals surface area contributed by atoms with Crippen molar-refractivity contribution in [2.24, 2.45) is 0 Å². The van der Waals surface area contributed by atoms with Crippen LogP contribution in [0.25, 0.3) is 11.1 Å². The van der Waals surface area contributed by atoms with E-state index in [1.807, 2.05) is 24.3 Å². The summed E-state index contributed by atoms with van der Waals surface area (Å²) in [6.07, 6.45) is 1.02. The molecule has 3 aromatic rings. The van der Waals surface area contributed by atoms with E-state index in [-0.39, 0.29) is 17.8 Å². The molecule has 0 radical (unpaired) electrons. The maximum absolute atomic E-state index is 13.4. The number of ether oxygens (including phenoxy) is 1. The van der Waals surface area contributed by atoms with Gasteiger partial charge in [0.15, 0.2) is 0 Å². The number of hydrogen-bond donors (Lipinski definition) is 1. The van der Waals surface area contributed by atoms with Gasteiger partial charge in [-0.1, -0.05) is 66.7 Å². The van der Waals surface area contributed by atoms with Gasteiger partial charge in [0.25, 0.3) is 0 Å². The molecule has 2 nitrogen and oxygen atoms in total. The van der Waals surface area contributed by atoms with E-state index in [0.29, 0.717) is 0 Å². The van der Waals surface area contributed by atoms with Gasteiger partial charge in [-0.25, -0.2) is 4.39 Å². The molecule has 4 rings (SSSR count). The molecule has 2 atom stereocenters. The van der Waals surface area contributed by atoms with Gasteiger partial charge in [-0.15, -0.1) is 0 Å². The molecule has 0 saturated carbocycles. The topological polar surface area (TPSA) is 21.3 Å². The molecule has 0 aromatic heterocycles. The normalized spacial score (nSPS) is 18.2. The van der Waals surface area contributed by atoms with Gasteiger partial charge in [0, 0.05) is 19.0 Å².